The zero-order valence-electron chi connectivity index (χ0n) is 23.9. The van der Waals surface area contributed by atoms with Crippen molar-refractivity contribution in [1.82, 2.24) is 19.4 Å². The molecule has 0 aliphatic rings. The van der Waals surface area contributed by atoms with Crippen LogP contribution < -0.4 is 32.4 Å². The molecule has 0 fully saturated rings. The number of hydrogen-bond acceptors (Lipinski definition) is 10. The van der Waals surface area contributed by atoms with Crippen molar-refractivity contribution in [3.05, 3.63) is 82.1 Å². The third-order valence-electron chi connectivity index (χ3n) is 6.17. The highest BCUT2D eigenvalue weighted by Gasteiger charge is 2.15. The number of benzene rings is 3. The van der Waals surface area contributed by atoms with Crippen molar-refractivity contribution in [2.24, 2.45) is 10.2 Å². The molecular formula is C28H32Cl2N10O2. The first-order chi connectivity index (χ1) is 19.5. The number of quaternary nitrogens is 1. The van der Waals surface area contributed by atoms with Crippen LogP contribution in [0.2, 0.25) is 5.28 Å². The molecule has 1 aromatic heterocycles. The van der Waals surface area contributed by atoms with Gasteiger partial charge in [-0.3, -0.25) is 14.6 Å². The molecule has 0 aliphatic heterocycles. The lowest BCUT2D eigenvalue weighted by Gasteiger charge is -2.23. The fraction of sp³-hybridized carbons (Fsp3) is 0.250. The predicted molar refractivity (Wildman–Crippen MR) is 165 cm³/mol. The molecule has 0 atom stereocenters. The van der Waals surface area contributed by atoms with Gasteiger partial charge in [0, 0.05) is 42.7 Å². The quantitative estimate of drug-likeness (QED) is 0.111. The topological polar surface area (TPSA) is 134 Å². The maximum absolute atomic E-state index is 11.0. The van der Waals surface area contributed by atoms with Gasteiger partial charge < -0.3 is 27.9 Å². The summed E-state index contributed by atoms with van der Waals surface area (Å²) < 4.78 is 0.653. The van der Waals surface area contributed by atoms with Crippen molar-refractivity contribution in [2.45, 2.75) is 13.8 Å². The summed E-state index contributed by atoms with van der Waals surface area (Å²) in [5, 5.41) is 26.1. The molecule has 4 aromatic rings. The zero-order valence-corrected chi connectivity index (χ0v) is 25.4. The molecular weight excluding hydrogens is 579 g/mol. The van der Waals surface area contributed by atoms with Gasteiger partial charge in [-0.05, 0) is 67.9 Å². The fourth-order valence-electron chi connectivity index (χ4n) is 3.96. The first-order valence-electron chi connectivity index (χ1n) is 13.0. The summed E-state index contributed by atoms with van der Waals surface area (Å²) in [6, 6.07) is 19.5. The number of nitrogens with zero attached hydrogens (tertiary/aromatic N) is 8. The minimum atomic E-state index is -0.460. The monoisotopic (exact) mass is 610 g/mol. The summed E-state index contributed by atoms with van der Waals surface area (Å²) in [7, 11) is 6.26. The van der Waals surface area contributed by atoms with Crippen LogP contribution in [0.5, 0.6) is 0 Å². The number of nitro benzene ring substituents is 1. The van der Waals surface area contributed by atoms with E-state index in [2.05, 4.69) is 75.7 Å². The molecule has 0 saturated carbocycles. The molecule has 0 amide bonds. The van der Waals surface area contributed by atoms with Gasteiger partial charge in [0.1, 0.15) is 11.4 Å². The van der Waals surface area contributed by atoms with Crippen LogP contribution >= 0.6 is 11.6 Å². The fourth-order valence-corrected chi connectivity index (χ4v) is 4.12. The van der Waals surface area contributed by atoms with Crippen LogP contribution in [0.1, 0.15) is 13.8 Å². The van der Waals surface area contributed by atoms with E-state index in [1.54, 1.807) is 0 Å². The Morgan fingerprint density at radius 1 is 0.905 bits per heavy atom. The number of nitrogens with one attached hydrogen (secondary N) is 2. The van der Waals surface area contributed by atoms with E-state index in [9.17, 15) is 10.1 Å². The van der Waals surface area contributed by atoms with Crippen LogP contribution in [-0.4, -0.2) is 54.1 Å². The minimum Gasteiger partial charge on any atom is -1.00 e. The molecule has 1 heterocycles. The number of anilines is 5. The van der Waals surface area contributed by atoms with Crippen LogP contribution in [0.4, 0.5) is 51.7 Å². The second-order valence-electron chi connectivity index (χ2n) is 9.91. The van der Waals surface area contributed by atoms with Crippen molar-refractivity contribution in [3.8, 4) is 0 Å². The highest BCUT2D eigenvalue weighted by molar-refractivity contribution is 6.28. The largest absolute Gasteiger partial charge is 1.00 e. The molecule has 0 saturated heterocycles. The summed E-state index contributed by atoms with van der Waals surface area (Å²) in [6.45, 7) is 5.79. The maximum Gasteiger partial charge on any atom is 0.269 e. The van der Waals surface area contributed by atoms with Gasteiger partial charge in [0.25, 0.3) is 5.69 Å². The lowest BCUT2D eigenvalue weighted by molar-refractivity contribution is -0.384. The Balaban J connectivity index is 0.00000484. The molecule has 42 heavy (non-hydrogen) atoms. The van der Waals surface area contributed by atoms with E-state index in [0.717, 1.165) is 30.2 Å². The highest BCUT2D eigenvalue weighted by Crippen LogP contribution is 2.34. The van der Waals surface area contributed by atoms with E-state index >= 15 is 0 Å². The SMILES string of the molecule is CCN(CC)c1ccc(N=Nc2ccc([N+](=O)[O-])cc2)c(Nc2nc(Cl)nc(Nc3cccc([N+](C)(C)C)c3)n2)c1.[Cl-]. The van der Waals surface area contributed by atoms with Gasteiger partial charge in [0.2, 0.25) is 17.2 Å². The van der Waals surface area contributed by atoms with Crippen LogP contribution in [0.15, 0.2) is 77.0 Å². The average molecular weight is 612 g/mol. The number of aromatic nitrogens is 3. The Morgan fingerprint density at radius 3 is 2.19 bits per heavy atom. The number of non-ortho nitro benzene ring substituents is 1. The van der Waals surface area contributed by atoms with Gasteiger partial charge in [-0.25, -0.2) is 0 Å². The van der Waals surface area contributed by atoms with Crippen molar-refractivity contribution >= 4 is 63.3 Å². The van der Waals surface area contributed by atoms with Crippen LogP contribution in [0, 0.1) is 10.1 Å². The van der Waals surface area contributed by atoms with Gasteiger partial charge in [0.15, 0.2) is 0 Å². The van der Waals surface area contributed by atoms with Crippen molar-refractivity contribution in [2.75, 3.05) is 49.8 Å². The number of hydrogen-bond donors (Lipinski definition) is 2. The summed E-state index contributed by atoms with van der Waals surface area (Å²) in [5.74, 6) is 0.499. The van der Waals surface area contributed by atoms with E-state index in [4.69, 9.17) is 11.6 Å². The maximum atomic E-state index is 11.0. The van der Waals surface area contributed by atoms with Crippen molar-refractivity contribution in [3.63, 3.8) is 0 Å². The van der Waals surface area contributed by atoms with Gasteiger partial charge in [0.05, 0.1) is 37.4 Å². The Labute approximate surface area is 255 Å². The van der Waals surface area contributed by atoms with Crippen LogP contribution in [0.3, 0.4) is 0 Å². The number of rotatable bonds is 11. The summed E-state index contributed by atoms with van der Waals surface area (Å²) >= 11 is 6.29. The highest BCUT2D eigenvalue weighted by atomic mass is 35.5. The minimum absolute atomic E-state index is 0. The summed E-state index contributed by atoms with van der Waals surface area (Å²) in [6.07, 6.45) is 0. The molecule has 12 nitrogen and oxygen atoms in total. The summed E-state index contributed by atoms with van der Waals surface area (Å²) in [5.41, 5.74) is 4.45. The molecule has 0 aliphatic carbocycles. The van der Waals surface area contributed by atoms with E-state index in [1.165, 1.54) is 24.3 Å². The average Bonchev–Trinajstić information content (AvgIpc) is 2.93. The normalized spacial score (nSPS) is 11.2. The third-order valence-corrected chi connectivity index (χ3v) is 6.34. The van der Waals surface area contributed by atoms with Crippen molar-refractivity contribution < 1.29 is 17.3 Å². The molecule has 0 spiro atoms. The van der Waals surface area contributed by atoms with Gasteiger partial charge >= 0.3 is 0 Å². The lowest BCUT2D eigenvalue weighted by atomic mass is 10.2. The second-order valence-corrected chi connectivity index (χ2v) is 10.2. The van der Waals surface area contributed by atoms with Crippen LogP contribution in [0.25, 0.3) is 0 Å². The van der Waals surface area contributed by atoms with E-state index in [-0.39, 0.29) is 35.3 Å². The molecule has 0 radical (unpaired) electrons. The molecule has 0 bridgehead atoms. The molecule has 3 aromatic carbocycles. The first kappa shape index (κ1) is 32.1. The molecule has 14 heteroatoms. The Kier molecular flexibility index (Phi) is 10.7. The Morgan fingerprint density at radius 2 is 1.57 bits per heavy atom. The van der Waals surface area contributed by atoms with Gasteiger partial charge in [-0.1, -0.05) is 6.07 Å². The van der Waals surface area contributed by atoms with Crippen LogP contribution in [-0.2, 0) is 0 Å². The Hall–Kier alpha value is -4.39. The van der Waals surface area contributed by atoms with E-state index in [1.807, 2.05) is 42.5 Å². The molecule has 4 rings (SSSR count). The lowest BCUT2D eigenvalue weighted by Crippen LogP contribution is -3.00. The number of halogens is 2. The van der Waals surface area contributed by atoms with Crippen molar-refractivity contribution in [1.29, 1.82) is 0 Å². The number of nitro groups is 1. The van der Waals surface area contributed by atoms with Gasteiger partial charge in [-0.15, -0.1) is 5.11 Å². The predicted octanol–water partition coefficient (Wildman–Crippen LogP) is 4.38. The zero-order chi connectivity index (χ0) is 29.6. The van der Waals surface area contributed by atoms with Gasteiger partial charge in [-0.2, -0.15) is 20.1 Å². The standard InChI is InChI=1S/C28H32ClN10O2.ClH/c1-6-37(7-2)22-15-16-24(36-35-19-11-13-21(14-12-19)38(40)41)25(18-22)31-28-33-26(29)32-27(34-28)30-20-9-8-10-23(17-20)39(3,4)5;/h8-18H,6-7H2,1-5H3,(H2,30,31,32,33,34);1H/q+1;/p-1. The smallest absolute Gasteiger partial charge is 0.269 e. The first-order valence-corrected chi connectivity index (χ1v) is 13.4. The van der Waals surface area contributed by atoms with E-state index in [0.29, 0.717) is 21.5 Å². The number of azo groups is 1. The Bertz CT molecular complexity index is 1560. The molecule has 0 unspecified atom stereocenters. The molecule has 2 N–H and O–H groups in total. The second kappa shape index (κ2) is 14.0. The van der Waals surface area contributed by atoms with E-state index < -0.39 is 4.92 Å². The molecule has 220 valence electrons. The third kappa shape index (κ3) is 8.32. The summed E-state index contributed by atoms with van der Waals surface area (Å²) in [4.78, 5) is 25.7.